The first kappa shape index (κ1) is 23.4. The van der Waals surface area contributed by atoms with Crippen LogP contribution in [-0.4, -0.2) is 41.8 Å². The molecule has 0 spiro atoms. The summed E-state index contributed by atoms with van der Waals surface area (Å²) in [7, 11) is 0. The first-order chi connectivity index (χ1) is 16.7. The van der Waals surface area contributed by atoms with Crippen LogP contribution in [0.2, 0.25) is 0 Å². The number of aliphatic hydroxyl groups is 1. The van der Waals surface area contributed by atoms with Crippen LogP contribution in [0, 0.1) is 6.92 Å². The molecule has 0 bridgehead atoms. The topological polar surface area (TPSA) is 74.7 Å². The molecule has 8 heteroatoms. The van der Waals surface area contributed by atoms with Crippen LogP contribution >= 0.6 is 0 Å². The van der Waals surface area contributed by atoms with E-state index in [2.05, 4.69) is 21.3 Å². The van der Waals surface area contributed by atoms with Crippen molar-refractivity contribution in [2.75, 3.05) is 30.0 Å². The number of aromatic nitrogens is 1. The number of fused-ring (bicyclic) bond motifs is 3. The zero-order chi connectivity index (χ0) is 24.7. The summed E-state index contributed by atoms with van der Waals surface area (Å²) in [5, 5.41) is 13.5. The van der Waals surface area contributed by atoms with Crippen LogP contribution < -0.4 is 10.2 Å². The Kier molecular flexibility index (Phi) is 6.02. The maximum absolute atomic E-state index is 13.6. The van der Waals surface area contributed by atoms with Gasteiger partial charge in [-0.15, -0.1) is 0 Å². The molecular formula is C27H27F2N3O3. The van der Waals surface area contributed by atoms with E-state index < -0.39 is 23.6 Å². The van der Waals surface area contributed by atoms with Crippen LogP contribution in [-0.2, 0) is 10.7 Å². The van der Waals surface area contributed by atoms with E-state index in [4.69, 9.17) is 4.74 Å². The predicted molar refractivity (Wildman–Crippen MR) is 130 cm³/mol. The van der Waals surface area contributed by atoms with Crippen LogP contribution in [0.25, 0.3) is 11.1 Å². The molecule has 3 aromatic rings. The number of hydrogen-bond acceptors (Lipinski definition) is 5. The number of anilines is 2. The lowest BCUT2D eigenvalue weighted by atomic mass is 9.89. The Morgan fingerprint density at radius 3 is 2.83 bits per heavy atom. The number of ether oxygens (including phenoxy) is 1. The Morgan fingerprint density at radius 2 is 2.03 bits per heavy atom. The number of hydrogen-bond donors (Lipinski definition) is 2. The van der Waals surface area contributed by atoms with E-state index in [1.165, 1.54) is 12.3 Å². The van der Waals surface area contributed by atoms with E-state index in [1.807, 2.05) is 31.2 Å². The van der Waals surface area contributed by atoms with Crippen LogP contribution in [0.4, 0.5) is 20.2 Å². The summed E-state index contributed by atoms with van der Waals surface area (Å²) >= 11 is 0. The highest BCUT2D eigenvalue weighted by Crippen LogP contribution is 2.41. The molecule has 2 atom stereocenters. The second-order valence-electron chi connectivity index (χ2n) is 9.25. The molecule has 2 N–H and O–H groups in total. The van der Waals surface area contributed by atoms with Crippen LogP contribution in [0.3, 0.4) is 0 Å². The summed E-state index contributed by atoms with van der Waals surface area (Å²) in [6, 6.07) is 14.3. The third-order valence-electron chi connectivity index (χ3n) is 6.70. The molecule has 6 nitrogen and oxygen atoms in total. The number of nitrogens with one attached hydrogen (secondary N) is 1. The second kappa shape index (κ2) is 9.02. The number of carbonyl (C=O) groups excluding carboxylic acids is 1. The van der Waals surface area contributed by atoms with Gasteiger partial charge in [0.25, 0.3) is 11.8 Å². The van der Waals surface area contributed by atoms with Crippen molar-refractivity contribution < 1.29 is 23.4 Å². The molecule has 3 heterocycles. The minimum absolute atomic E-state index is 0.111. The van der Waals surface area contributed by atoms with Gasteiger partial charge in [-0.3, -0.25) is 9.78 Å². The summed E-state index contributed by atoms with van der Waals surface area (Å²) in [6.45, 7) is 4.76. The third-order valence-corrected chi connectivity index (χ3v) is 6.70. The summed E-state index contributed by atoms with van der Waals surface area (Å²) in [5.74, 6) is -3.62. The lowest BCUT2D eigenvalue weighted by Gasteiger charge is -2.43. The molecule has 1 fully saturated rings. The summed E-state index contributed by atoms with van der Waals surface area (Å²) in [5.41, 5.74) is 5.06. The minimum atomic E-state index is -3.13. The monoisotopic (exact) mass is 479 g/mol. The van der Waals surface area contributed by atoms with Gasteiger partial charge in [-0.05, 0) is 53.9 Å². The van der Waals surface area contributed by atoms with Crippen LogP contribution in [0.1, 0.15) is 46.6 Å². The molecule has 2 aliphatic rings. The van der Waals surface area contributed by atoms with Crippen molar-refractivity contribution in [3.63, 3.8) is 0 Å². The Balaban J connectivity index is 1.44. The van der Waals surface area contributed by atoms with Gasteiger partial charge in [-0.2, -0.15) is 8.78 Å². The standard InChI is InChI=1S/C27H27F2N3O3/c1-16-3-5-19(31-26(34)18-7-8-30-25(12-18)27(2,28)29)13-22(16)17-4-6-21-23(11-17)32-9-10-35-15-20(32)14-24(21)33/h3-8,11-13,20,24,33H,9-10,14-15H2,1-2H3,(H,31,34)/t20-,24-/m0/s1. The van der Waals surface area contributed by atoms with E-state index in [0.717, 1.165) is 47.5 Å². The fourth-order valence-electron chi connectivity index (χ4n) is 4.82. The molecule has 0 unspecified atom stereocenters. The predicted octanol–water partition coefficient (Wildman–Crippen LogP) is 5.06. The van der Waals surface area contributed by atoms with Crippen molar-refractivity contribution in [2.45, 2.75) is 38.3 Å². The molecular weight excluding hydrogens is 452 g/mol. The maximum atomic E-state index is 13.6. The highest BCUT2D eigenvalue weighted by Gasteiger charge is 2.34. The average Bonchev–Trinajstić information content (AvgIpc) is 2.84. The molecule has 1 amide bonds. The smallest absolute Gasteiger partial charge is 0.286 e. The maximum Gasteiger partial charge on any atom is 0.286 e. The lowest BCUT2D eigenvalue weighted by Crippen LogP contribution is -2.49. The fraction of sp³-hybridized carbons (Fsp3) is 0.333. The van der Waals surface area contributed by atoms with Crippen molar-refractivity contribution >= 4 is 17.3 Å². The van der Waals surface area contributed by atoms with Gasteiger partial charge in [-0.25, -0.2) is 0 Å². The normalized spacial score (nSPS) is 19.6. The van der Waals surface area contributed by atoms with Gasteiger partial charge in [0.05, 0.1) is 25.4 Å². The minimum Gasteiger partial charge on any atom is -0.388 e. The number of morpholine rings is 1. The van der Waals surface area contributed by atoms with Gasteiger partial charge >= 0.3 is 0 Å². The fourth-order valence-corrected chi connectivity index (χ4v) is 4.82. The van der Waals surface area contributed by atoms with Crippen molar-refractivity contribution in [3.8, 4) is 11.1 Å². The van der Waals surface area contributed by atoms with E-state index in [9.17, 15) is 18.7 Å². The van der Waals surface area contributed by atoms with Crippen molar-refractivity contribution in [1.82, 2.24) is 4.98 Å². The number of halogens is 2. The lowest BCUT2D eigenvalue weighted by molar-refractivity contribution is 0.0127. The van der Waals surface area contributed by atoms with Crippen LogP contribution in [0.15, 0.2) is 54.7 Å². The van der Waals surface area contributed by atoms with Gasteiger partial charge in [0.15, 0.2) is 0 Å². The van der Waals surface area contributed by atoms with E-state index in [0.29, 0.717) is 25.3 Å². The Labute approximate surface area is 202 Å². The number of alkyl halides is 2. The van der Waals surface area contributed by atoms with E-state index in [-0.39, 0.29) is 11.6 Å². The molecule has 0 aliphatic carbocycles. The number of rotatable bonds is 4. The van der Waals surface area contributed by atoms with Crippen molar-refractivity contribution in [1.29, 1.82) is 0 Å². The van der Waals surface area contributed by atoms with Gasteiger partial charge in [-0.1, -0.05) is 18.2 Å². The Morgan fingerprint density at radius 1 is 1.20 bits per heavy atom. The van der Waals surface area contributed by atoms with Crippen molar-refractivity contribution in [2.24, 2.45) is 0 Å². The van der Waals surface area contributed by atoms with Crippen LogP contribution in [0.5, 0.6) is 0 Å². The van der Waals surface area contributed by atoms with Gasteiger partial charge in [0.1, 0.15) is 5.69 Å². The molecule has 5 rings (SSSR count). The quantitative estimate of drug-likeness (QED) is 0.547. The number of pyridine rings is 1. The summed E-state index contributed by atoms with van der Waals surface area (Å²) < 4.78 is 32.9. The third kappa shape index (κ3) is 4.63. The number of aryl methyl sites for hydroxylation is 1. The molecule has 1 aromatic heterocycles. The first-order valence-corrected chi connectivity index (χ1v) is 11.6. The van der Waals surface area contributed by atoms with E-state index >= 15 is 0 Å². The summed E-state index contributed by atoms with van der Waals surface area (Å²) in [4.78, 5) is 18.8. The molecule has 35 heavy (non-hydrogen) atoms. The molecule has 1 saturated heterocycles. The highest BCUT2D eigenvalue weighted by atomic mass is 19.3. The number of aliphatic hydroxyl groups excluding tert-OH is 1. The molecule has 0 radical (unpaired) electrons. The molecule has 0 saturated carbocycles. The van der Waals surface area contributed by atoms with Gasteiger partial charge < -0.3 is 20.1 Å². The van der Waals surface area contributed by atoms with Crippen molar-refractivity contribution in [3.05, 3.63) is 77.1 Å². The average molecular weight is 480 g/mol. The number of carbonyl (C=O) groups is 1. The number of benzene rings is 2. The summed E-state index contributed by atoms with van der Waals surface area (Å²) in [6.07, 6.45) is 1.32. The Bertz CT molecular complexity index is 1270. The molecule has 2 aromatic carbocycles. The first-order valence-electron chi connectivity index (χ1n) is 11.6. The zero-order valence-electron chi connectivity index (χ0n) is 19.6. The highest BCUT2D eigenvalue weighted by molar-refractivity contribution is 6.04. The largest absolute Gasteiger partial charge is 0.388 e. The number of nitrogens with zero attached hydrogens (tertiary/aromatic N) is 2. The van der Waals surface area contributed by atoms with Gasteiger partial charge in [0, 0.05) is 48.6 Å². The zero-order valence-corrected chi connectivity index (χ0v) is 19.6. The molecule has 182 valence electrons. The van der Waals surface area contributed by atoms with Gasteiger partial charge in [0.2, 0.25) is 0 Å². The number of amides is 1. The molecule has 2 aliphatic heterocycles. The second-order valence-corrected chi connectivity index (χ2v) is 9.25. The Hall–Kier alpha value is -3.36. The van der Waals surface area contributed by atoms with E-state index in [1.54, 1.807) is 6.07 Å². The SMILES string of the molecule is Cc1ccc(NC(=O)c2ccnc(C(C)(F)F)c2)cc1-c1ccc2c(c1)N1CCOC[C@@H]1C[C@@H]2O.